The molecule has 0 heterocycles. The molecule has 0 aromatic heterocycles. The van der Waals surface area contributed by atoms with Gasteiger partial charge in [0.25, 0.3) is 0 Å². The van der Waals surface area contributed by atoms with Gasteiger partial charge >= 0.3 is 0 Å². The largest absolute Gasteiger partial charge is 0.330 e. The first-order chi connectivity index (χ1) is 9.19. The summed E-state index contributed by atoms with van der Waals surface area (Å²) in [5.74, 6) is 0.518. The van der Waals surface area contributed by atoms with E-state index in [1.54, 1.807) is 0 Å². The van der Waals surface area contributed by atoms with Crippen LogP contribution in [0.25, 0.3) is 0 Å². The van der Waals surface area contributed by atoms with Gasteiger partial charge in [-0.3, -0.25) is 0 Å². The average Bonchev–Trinajstić information content (AvgIpc) is 2.43. The molecule has 0 aliphatic heterocycles. The fourth-order valence-corrected chi connectivity index (χ4v) is 2.45. The Hall–Kier alpha value is -1.60. The second-order valence-electron chi connectivity index (χ2n) is 5.41. The molecular formula is C18H23N. The maximum atomic E-state index is 5.94. The van der Waals surface area contributed by atoms with Crippen molar-refractivity contribution in [3.8, 4) is 0 Å². The predicted octanol–water partition coefficient (Wildman–Crippen LogP) is 3.66. The molecule has 2 aromatic carbocycles. The van der Waals surface area contributed by atoms with Crippen LogP contribution in [0, 0.1) is 19.8 Å². The molecule has 2 N–H and O–H groups in total. The zero-order chi connectivity index (χ0) is 13.7. The van der Waals surface area contributed by atoms with Crippen LogP contribution in [-0.2, 0) is 12.8 Å². The number of benzene rings is 2. The summed E-state index contributed by atoms with van der Waals surface area (Å²) in [4.78, 5) is 0. The first-order valence-electron chi connectivity index (χ1n) is 6.99. The van der Waals surface area contributed by atoms with Crippen molar-refractivity contribution in [1.82, 2.24) is 0 Å². The van der Waals surface area contributed by atoms with Gasteiger partial charge in [0.05, 0.1) is 0 Å². The fourth-order valence-electron chi connectivity index (χ4n) is 2.45. The topological polar surface area (TPSA) is 26.0 Å². The Morgan fingerprint density at radius 3 is 2.16 bits per heavy atom. The van der Waals surface area contributed by atoms with E-state index in [0.29, 0.717) is 5.92 Å². The molecule has 0 spiro atoms. The van der Waals surface area contributed by atoms with Gasteiger partial charge in [-0.05, 0) is 61.4 Å². The predicted molar refractivity (Wildman–Crippen MR) is 82.3 cm³/mol. The summed E-state index contributed by atoms with van der Waals surface area (Å²) in [5, 5.41) is 0. The smallest absolute Gasteiger partial charge is 0.00425 e. The van der Waals surface area contributed by atoms with E-state index in [4.69, 9.17) is 5.73 Å². The molecule has 0 bridgehead atoms. The number of aryl methyl sites for hydroxylation is 2. The van der Waals surface area contributed by atoms with E-state index >= 15 is 0 Å². The van der Waals surface area contributed by atoms with Gasteiger partial charge in [0.2, 0.25) is 0 Å². The van der Waals surface area contributed by atoms with E-state index in [1.807, 2.05) is 0 Å². The molecule has 1 atom stereocenters. The van der Waals surface area contributed by atoms with Crippen molar-refractivity contribution >= 4 is 0 Å². The normalized spacial score (nSPS) is 12.4. The van der Waals surface area contributed by atoms with E-state index in [9.17, 15) is 0 Å². The molecular weight excluding hydrogens is 230 g/mol. The third-order valence-electron chi connectivity index (χ3n) is 3.80. The third-order valence-corrected chi connectivity index (χ3v) is 3.80. The van der Waals surface area contributed by atoms with Gasteiger partial charge in [-0.1, -0.05) is 48.5 Å². The van der Waals surface area contributed by atoms with Crippen LogP contribution in [0.5, 0.6) is 0 Å². The Kier molecular flexibility index (Phi) is 4.75. The van der Waals surface area contributed by atoms with Crippen molar-refractivity contribution in [2.24, 2.45) is 11.7 Å². The monoisotopic (exact) mass is 253 g/mol. The summed E-state index contributed by atoms with van der Waals surface area (Å²) in [6.45, 7) is 5.07. The van der Waals surface area contributed by atoms with Gasteiger partial charge in [0.15, 0.2) is 0 Å². The summed E-state index contributed by atoms with van der Waals surface area (Å²) in [5.41, 5.74) is 11.4. The Morgan fingerprint density at radius 1 is 0.842 bits per heavy atom. The average molecular weight is 253 g/mol. The lowest BCUT2D eigenvalue weighted by Gasteiger charge is -2.15. The second-order valence-corrected chi connectivity index (χ2v) is 5.41. The maximum absolute atomic E-state index is 5.94. The molecule has 1 nitrogen and oxygen atoms in total. The van der Waals surface area contributed by atoms with Crippen molar-refractivity contribution in [3.63, 3.8) is 0 Å². The minimum atomic E-state index is 0.518. The van der Waals surface area contributed by atoms with Gasteiger partial charge in [0.1, 0.15) is 0 Å². The standard InChI is InChI=1S/C18H23N/c1-14-8-9-17(10-15(14)2)12-18(13-19)11-16-6-4-3-5-7-16/h3-10,18H,11-13,19H2,1-2H3. The molecule has 0 saturated heterocycles. The second kappa shape index (κ2) is 6.53. The summed E-state index contributed by atoms with van der Waals surface area (Å²) >= 11 is 0. The first kappa shape index (κ1) is 13.8. The molecule has 0 amide bonds. The summed E-state index contributed by atoms with van der Waals surface area (Å²) in [7, 11) is 0. The molecule has 0 fully saturated rings. The molecule has 100 valence electrons. The molecule has 0 radical (unpaired) electrons. The van der Waals surface area contributed by atoms with Gasteiger partial charge in [-0.2, -0.15) is 0 Å². The zero-order valence-electron chi connectivity index (χ0n) is 11.9. The van der Waals surface area contributed by atoms with Crippen LogP contribution in [0.1, 0.15) is 22.3 Å². The van der Waals surface area contributed by atoms with Crippen molar-refractivity contribution in [1.29, 1.82) is 0 Å². The Balaban J connectivity index is 2.04. The van der Waals surface area contributed by atoms with E-state index in [2.05, 4.69) is 62.4 Å². The number of rotatable bonds is 5. The lowest BCUT2D eigenvalue weighted by atomic mass is 9.91. The minimum absolute atomic E-state index is 0.518. The third kappa shape index (κ3) is 3.93. The molecule has 1 unspecified atom stereocenters. The summed E-state index contributed by atoms with van der Waals surface area (Å²) in [6.07, 6.45) is 2.12. The number of hydrogen-bond donors (Lipinski definition) is 1. The van der Waals surface area contributed by atoms with E-state index < -0.39 is 0 Å². The van der Waals surface area contributed by atoms with Crippen LogP contribution in [-0.4, -0.2) is 6.54 Å². The van der Waals surface area contributed by atoms with Crippen molar-refractivity contribution < 1.29 is 0 Å². The number of nitrogens with two attached hydrogens (primary N) is 1. The van der Waals surface area contributed by atoms with Gasteiger partial charge in [-0.15, -0.1) is 0 Å². The molecule has 2 aromatic rings. The highest BCUT2D eigenvalue weighted by molar-refractivity contribution is 5.30. The molecule has 0 aliphatic carbocycles. The van der Waals surface area contributed by atoms with Crippen LogP contribution >= 0.6 is 0 Å². The van der Waals surface area contributed by atoms with Crippen molar-refractivity contribution in [2.75, 3.05) is 6.54 Å². The van der Waals surface area contributed by atoms with E-state index in [0.717, 1.165) is 19.4 Å². The fraction of sp³-hybridized carbons (Fsp3) is 0.333. The molecule has 0 aliphatic rings. The van der Waals surface area contributed by atoms with Gasteiger partial charge < -0.3 is 5.73 Å². The van der Waals surface area contributed by atoms with E-state index in [1.165, 1.54) is 22.3 Å². The molecule has 19 heavy (non-hydrogen) atoms. The zero-order valence-corrected chi connectivity index (χ0v) is 11.9. The Morgan fingerprint density at radius 2 is 1.53 bits per heavy atom. The van der Waals surface area contributed by atoms with Crippen LogP contribution in [0.3, 0.4) is 0 Å². The summed E-state index contributed by atoms with van der Waals surface area (Å²) < 4.78 is 0. The van der Waals surface area contributed by atoms with Crippen LogP contribution in [0.2, 0.25) is 0 Å². The Labute approximate surface area is 116 Å². The number of hydrogen-bond acceptors (Lipinski definition) is 1. The van der Waals surface area contributed by atoms with Crippen molar-refractivity contribution in [2.45, 2.75) is 26.7 Å². The highest BCUT2D eigenvalue weighted by Gasteiger charge is 2.09. The minimum Gasteiger partial charge on any atom is -0.330 e. The summed E-state index contributed by atoms with van der Waals surface area (Å²) in [6, 6.07) is 17.4. The maximum Gasteiger partial charge on any atom is -0.00425 e. The lowest BCUT2D eigenvalue weighted by molar-refractivity contribution is 0.533. The van der Waals surface area contributed by atoms with Gasteiger partial charge in [-0.25, -0.2) is 0 Å². The van der Waals surface area contributed by atoms with Crippen LogP contribution < -0.4 is 5.73 Å². The van der Waals surface area contributed by atoms with Crippen LogP contribution in [0.4, 0.5) is 0 Å². The highest BCUT2D eigenvalue weighted by atomic mass is 14.5. The first-order valence-corrected chi connectivity index (χ1v) is 6.99. The SMILES string of the molecule is Cc1ccc(CC(CN)Cc2ccccc2)cc1C. The molecule has 0 saturated carbocycles. The Bertz CT molecular complexity index is 516. The highest BCUT2D eigenvalue weighted by Crippen LogP contribution is 2.16. The van der Waals surface area contributed by atoms with E-state index in [-0.39, 0.29) is 0 Å². The molecule has 1 heteroatoms. The van der Waals surface area contributed by atoms with Gasteiger partial charge in [0, 0.05) is 0 Å². The lowest BCUT2D eigenvalue weighted by Crippen LogP contribution is -2.19. The molecule has 2 rings (SSSR count). The quantitative estimate of drug-likeness (QED) is 0.864. The van der Waals surface area contributed by atoms with Crippen molar-refractivity contribution in [3.05, 3.63) is 70.8 Å². The van der Waals surface area contributed by atoms with Crippen LogP contribution in [0.15, 0.2) is 48.5 Å².